The first-order chi connectivity index (χ1) is 19.4. The molecule has 0 saturated heterocycles. The Hall–Kier alpha value is -2.89. The zero-order chi connectivity index (χ0) is 30.2. The number of nitrogens with one attached hydrogen (secondary N) is 1. The molecule has 0 aliphatic rings. The SMILES string of the molecule is CCOc1ccc(N(CC(=O)N(Cc2cccc(Br)c2)[C@H](C)C(=O)NCC(C)C)S(=O)(=O)c2ccc(Br)cc2)cc1. The number of ether oxygens (including phenoxy) is 1. The van der Waals surface area contributed by atoms with E-state index in [-0.39, 0.29) is 23.3 Å². The zero-order valence-electron chi connectivity index (χ0n) is 23.5. The summed E-state index contributed by atoms with van der Waals surface area (Å²) in [5.41, 5.74) is 1.09. The highest BCUT2D eigenvalue weighted by molar-refractivity contribution is 9.10. The zero-order valence-corrected chi connectivity index (χ0v) is 27.5. The number of hydrogen-bond acceptors (Lipinski definition) is 5. The van der Waals surface area contributed by atoms with Crippen molar-refractivity contribution in [3.05, 3.63) is 87.3 Å². The van der Waals surface area contributed by atoms with Gasteiger partial charge >= 0.3 is 0 Å². The minimum atomic E-state index is -4.16. The van der Waals surface area contributed by atoms with Crippen molar-refractivity contribution in [3.8, 4) is 5.75 Å². The third-order valence-corrected chi connectivity index (χ3v) is 9.02. The summed E-state index contributed by atoms with van der Waals surface area (Å²) < 4.78 is 36.0. The number of benzene rings is 3. The van der Waals surface area contributed by atoms with Crippen LogP contribution in [0.3, 0.4) is 0 Å². The van der Waals surface area contributed by atoms with Gasteiger partial charge in [0.2, 0.25) is 11.8 Å². The van der Waals surface area contributed by atoms with E-state index in [2.05, 4.69) is 37.2 Å². The lowest BCUT2D eigenvalue weighted by Gasteiger charge is -2.32. The van der Waals surface area contributed by atoms with Crippen LogP contribution in [0, 0.1) is 5.92 Å². The van der Waals surface area contributed by atoms with Gasteiger partial charge in [-0.25, -0.2) is 8.42 Å². The molecule has 1 atom stereocenters. The highest BCUT2D eigenvalue weighted by Crippen LogP contribution is 2.27. The lowest BCUT2D eigenvalue weighted by molar-refractivity contribution is -0.139. The van der Waals surface area contributed by atoms with Crippen molar-refractivity contribution < 1.29 is 22.7 Å². The van der Waals surface area contributed by atoms with E-state index in [0.29, 0.717) is 24.6 Å². The molecule has 0 radical (unpaired) electrons. The van der Waals surface area contributed by atoms with Gasteiger partial charge in [-0.15, -0.1) is 0 Å². The highest BCUT2D eigenvalue weighted by atomic mass is 79.9. The van der Waals surface area contributed by atoms with Gasteiger partial charge < -0.3 is 15.0 Å². The van der Waals surface area contributed by atoms with Gasteiger partial charge in [0, 0.05) is 22.0 Å². The van der Waals surface area contributed by atoms with Gasteiger partial charge in [-0.05, 0) is 86.0 Å². The summed E-state index contributed by atoms with van der Waals surface area (Å²) in [6.07, 6.45) is 0. The highest BCUT2D eigenvalue weighted by Gasteiger charge is 2.32. The Balaban J connectivity index is 2.02. The molecule has 3 rings (SSSR count). The Labute approximate surface area is 259 Å². The lowest BCUT2D eigenvalue weighted by Crippen LogP contribution is -2.51. The molecule has 0 saturated carbocycles. The normalized spacial score (nSPS) is 12.1. The maximum absolute atomic E-state index is 14.0. The van der Waals surface area contributed by atoms with Crippen molar-refractivity contribution in [2.24, 2.45) is 5.92 Å². The van der Waals surface area contributed by atoms with Crippen LogP contribution in [0.15, 0.2) is 86.6 Å². The van der Waals surface area contributed by atoms with E-state index in [1.807, 2.05) is 45.0 Å². The number of rotatable bonds is 13. The maximum atomic E-state index is 14.0. The predicted molar refractivity (Wildman–Crippen MR) is 168 cm³/mol. The Morgan fingerprint density at radius 1 is 0.927 bits per heavy atom. The van der Waals surface area contributed by atoms with Crippen LogP contribution in [-0.2, 0) is 26.2 Å². The van der Waals surface area contributed by atoms with Crippen LogP contribution in [0.25, 0.3) is 0 Å². The molecule has 1 N–H and O–H groups in total. The average molecular weight is 710 g/mol. The van der Waals surface area contributed by atoms with Gasteiger partial charge in [0.25, 0.3) is 10.0 Å². The number of halogens is 2. The van der Waals surface area contributed by atoms with Crippen molar-refractivity contribution in [2.45, 2.75) is 45.2 Å². The molecule has 0 aliphatic carbocycles. The third-order valence-electron chi connectivity index (χ3n) is 6.21. The molecule has 0 unspecified atom stereocenters. The molecule has 0 bridgehead atoms. The first-order valence-electron chi connectivity index (χ1n) is 13.2. The molecule has 2 amide bonds. The molecule has 3 aromatic rings. The van der Waals surface area contributed by atoms with E-state index in [1.165, 1.54) is 17.0 Å². The standard InChI is InChI=1S/C30H35Br2N3O5S/c1-5-40-27-13-11-26(12-14-27)35(41(38,39)28-15-9-24(31)10-16-28)20-29(36)34(19-23-7-6-8-25(32)17-23)22(4)30(37)33-18-21(2)3/h6-17,21-22H,5,18-20H2,1-4H3,(H,33,37)/t22-/m1/s1. The van der Waals surface area contributed by atoms with Crippen LogP contribution in [0.1, 0.15) is 33.3 Å². The average Bonchev–Trinajstić information content (AvgIpc) is 2.93. The van der Waals surface area contributed by atoms with Crippen molar-refractivity contribution in [1.82, 2.24) is 10.2 Å². The van der Waals surface area contributed by atoms with Crippen LogP contribution in [0.5, 0.6) is 5.75 Å². The van der Waals surface area contributed by atoms with Crippen LogP contribution in [0.4, 0.5) is 5.69 Å². The fourth-order valence-corrected chi connectivity index (χ4v) is 6.13. The third kappa shape index (κ3) is 9.05. The Kier molecular flexibility index (Phi) is 11.8. The molecule has 0 aromatic heterocycles. The summed E-state index contributed by atoms with van der Waals surface area (Å²) >= 11 is 6.80. The van der Waals surface area contributed by atoms with Gasteiger partial charge in [-0.3, -0.25) is 13.9 Å². The van der Waals surface area contributed by atoms with Crippen molar-refractivity contribution in [2.75, 3.05) is 24.0 Å². The fraction of sp³-hybridized carbons (Fsp3) is 0.333. The summed E-state index contributed by atoms with van der Waals surface area (Å²) in [6.45, 7) is 7.99. The van der Waals surface area contributed by atoms with E-state index in [0.717, 1.165) is 18.8 Å². The van der Waals surface area contributed by atoms with Crippen molar-refractivity contribution in [1.29, 1.82) is 0 Å². The van der Waals surface area contributed by atoms with E-state index >= 15 is 0 Å². The van der Waals surface area contributed by atoms with Crippen LogP contribution in [0.2, 0.25) is 0 Å². The second-order valence-electron chi connectivity index (χ2n) is 9.86. The molecule has 3 aromatic carbocycles. The first kappa shape index (κ1) is 32.6. The van der Waals surface area contributed by atoms with Crippen LogP contribution < -0.4 is 14.4 Å². The molecular weight excluding hydrogens is 674 g/mol. The number of sulfonamides is 1. The molecule has 0 heterocycles. The van der Waals surface area contributed by atoms with Gasteiger partial charge in [-0.1, -0.05) is 57.8 Å². The van der Waals surface area contributed by atoms with Crippen LogP contribution >= 0.6 is 31.9 Å². The quantitative estimate of drug-likeness (QED) is 0.235. The number of hydrogen-bond donors (Lipinski definition) is 1. The van der Waals surface area contributed by atoms with Crippen molar-refractivity contribution in [3.63, 3.8) is 0 Å². The summed E-state index contributed by atoms with van der Waals surface area (Å²) in [6, 6.07) is 19.3. The second-order valence-corrected chi connectivity index (χ2v) is 13.6. The smallest absolute Gasteiger partial charge is 0.264 e. The van der Waals surface area contributed by atoms with E-state index in [1.54, 1.807) is 43.3 Å². The predicted octanol–water partition coefficient (Wildman–Crippen LogP) is 6.00. The fourth-order valence-electron chi connectivity index (χ4n) is 4.00. The largest absolute Gasteiger partial charge is 0.494 e. The molecule has 11 heteroatoms. The summed E-state index contributed by atoms with van der Waals surface area (Å²) in [5, 5.41) is 2.89. The molecule has 0 fully saturated rings. The summed E-state index contributed by atoms with van der Waals surface area (Å²) in [5.74, 6) is -0.0287. The van der Waals surface area contributed by atoms with E-state index < -0.39 is 28.5 Å². The van der Waals surface area contributed by atoms with E-state index in [9.17, 15) is 18.0 Å². The number of carbonyl (C=O) groups excluding carboxylic acids is 2. The number of carbonyl (C=O) groups is 2. The topological polar surface area (TPSA) is 96.0 Å². The van der Waals surface area contributed by atoms with E-state index in [4.69, 9.17) is 4.74 Å². The maximum Gasteiger partial charge on any atom is 0.264 e. The van der Waals surface area contributed by atoms with Gasteiger partial charge in [0.15, 0.2) is 0 Å². The molecule has 0 spiro atoms. The van der Waals surface area contributed by atoms with Crippen LogP contribution in [-0.4, -0.2) is 50.9 Å². The number of amides is 2. The van der Waals surface area contributed by atoms with Crippen molar-refractivity contribution >= 4 is 59.4 Å². The Morgan fingerprint density at radius 2 is 1.59 bits per heavy atom. The molecule has 220 valence electrons. The monoisotopic (exact) mass is 707 g/mol. The van der Waals surface area contributed by atoms with Gasteiger partial charge in [0.05, 0.1) is 17.2 Å². The Bertz CT molecular complexity index is 1430. The lowest BCUT2D eigenvalue weighted by atomic mass is 10.1. The Morgan fingerprint density at radius 3 is 2.17 bits per heavy atom. The molecule has 8 nitrogen and oxygen atoms in total. The van der Waals surface area contributed by atoms with Gasteiger partial charge in [-0.2, -0.15) is 0 Å². The van der Waals surface area contributed by atoms with Gasteiger partial charge in [0.1, 0.15) is 18.3 Å². The minimum absolute atomic E-state index is 0.0312. The molecular formula is C30H35Br2N3O5S. The first-order valence-corrected chi connectivity index (χ1v) is 16.3. The number of anilines is 1. The molecule has 0 aliphatic heterocycles. The second kappa shape index (κ2) is 14.8. The summed E-state index contributed by atoms with van der Waals surface area (Å²) in [7, 11) is -4.16. The summed E-state index contributed by atoms with van der Waals surface area (Å²) in [4.78, 5) is 28.5. The molecule has 41 heavy (non-hydrogen) atoms. The minimum Gasteiger partial charge on any atom is -0.494 e. The number of nitrogens with zero attached hydrogens (tertiary/aromatic N) is 2.